The van der Waals surface area contributed by atoms with Crippen LogP contribution in [0.15, 0.2) is 18.2 Å². The number of halogens is 1. The van der Waals surface area contributed by atoms with Crippen LogP contribution >= 0.6 is 0 Å². The summed E-state index contributed by atoms with van der Waals surface area (Å²) in [7, 11) is -0.853. The van der Waals surface area contributed by atoms with Crippen molar-refractivity contribution in [3.63, 3.8) is 0 Å². The molecule has 0 heterocycles. The summed E-state index contributed by atoms with van der Waals surface area (Å²) < 4.78 is 18.6. The Morgan fingerprint density at radius 1 is 1.00 bits per heavy atom. The molecule has 0 saturated carbocycles. The van der Waals surface area contributed by atoms with E-state index in [1.165, 1.54) is 43.9 Å². The van der Waals surface area contributed by atoms with Crippen molar-refractivity contribution in [2.24, 2.45) is 0 Å². The van der Waals surface area contributed by atoms with Crippen molar-refractivity contribution < 1.29 is 14.2 Å². The van der Waals surface area contributed by atoms with E-state index < -0.39 is 13.9 Å². The van der Waals surface area contributed by atoms with Crippen LogP contribution in [0.3, 0.4) is 0 Å². The Morgan fingerprint density at radius 2 is 1.62 bits per heavy atom. The first-order chi connectivity index (χ1) is 9.88. The third kappa shape index (κ3) is 8.76. The van der Waals surface area contributed by atoms with Gasteiger partial charge in [-0.3, -0.25) is 0 Å². The number of hydrogen-bond donors (Lipinski definition) is 1. The average Bonchev–Trinajstić information content (AvgIpc) is 2.39. The van der Waals surface area contributed by atoms with Gasteiger partial charge >= 0.3 is 0 Å². The normalized spacial score (nSPS) is 11.6. The molecular formula is C17H29FO2Si. The molecule has 0 aliphatic heterocycles. The Morgan fingerprint density at radius 3 is 2.24 bits per heavy atom. The molecule has 1 rings (SSSR count). The molecule has 4 heteroatoms. The molecule has 0 radical (unpaired) electrons. The lowest BCUT2D eigenvalue weighted by atomic mass is 10.1. The second-order valence-electron chi connectivity index (χ2n) is 6.89. The van der Waals surface area contributed by atoms with E-state index in [1.54, 1.807) is 6.07 Å². The van der Waals surface area contributed by atoms with Gasteiger partial charge in [0, 0.05) is 14.1 Å². The Bertz CT molecular complexity index is 416. The number of phenols is 1. The Hall–Kier alpha value is -1.03. The zero-order valence-corrected chi connectivity index (χ0v) is 14.6. The van der Waals surface area contributed by atoms with Crippen molar-refractivity contribution in [1.29, 1.82) is 0 Å². The summed E-state index contributed by atoms with van der Waals surface area (Å²) in [5, 5.41) is 9.08. The van der Waals surface area contributed by atoms with Gasteiger partial charge in [-0.15, -0.1) is 0 Å². The van der Waals surface area contributed by atoms with E-state index in [4.69, 9.17) is 9.84 Å². The third-order valence-corrected chi connectivity index (χ3v) is 5.36. The lowest BCUT2D eigenvalue weighted by Gasteiger charge is -2.14. The van der Waals surface area contributed by atoms with Crippen LogP contribution in [0.4, 0.5) is 4.39 Å². The van der Waals surface area contributed by atoms with Gasteiger partial charge in [-0.05, 0) is 18.6 Å². The van der Waals surface area contributed by atoms with Crippen LogP contribution in [0.5, 0.6) is 11.5 Å². The fourth-order valence-electron chi connectivity index (χ4n) is 2.23. The van der Waals surface area contributed by atoms with E-state index in [0.29, 0.717) is 12.4 Å². The van der Waals surface area contributed by atoms with Gasteiger partial charge in [0.15, 0.2) is 11.6 Å². The van der Waals surface area contributed by atoms with Crippen LogP contribution in [0, 0.1) is 5.82 Å². The number of hydrogen-bond acceptors (Lipinski definition) is 2. The predicted octanol–water partition coefficient (Wildman–Crippen LogP) is 5.59. The predicted molar refractivity (Wildman–Crippen MR) is 89.4 cm³/mol. The molecule has 0 aliphatic rings. The molecule has 0 saturated heterocycles. The lowest BCUT2D eigenvalue weighted by molar-refractivity contribution is 0.301. The highest BCUT2D eigenvalue weighted by Gasteiger charge is 2.11. The van der Waals surface area contributed by atoms with Gasteiger partial charge in [0.1, 0.15) is 5.75 Å². The number of benzene rings is 1. The average molecular weight is 313 g/mol. The van der Waals surface area contributed by atoms with Crippen molar-refractivity contribution in [1.82, 2.24) is 0 Å². The summed E-state index contributed by atoms with van der Waals surface area (Å²) in [6, 6.07) is 5.58. The molecule has 0 aliphatic carbocycles. The quantitative estimate of drug-likeness (QED) is 0.451. The SMILES string of the molecule is C[Si](C)(C)CCCCCCCCOc1ccc(O)c(F)c1. The minimum atomic E-state index is -0.853. The van der Waals surface area contributed by atoms with Crippen molar-refractivity contribution in [2.45, 2.75) is 64.2 Å². The highest BCUT2D eigenvalue weighted by atomic mass is 28.3. The monoisotopic (exact) mass is 312 g/mol. The van der Waals surface area contributed by atoms with Crippen LogP contribution < -0.4 is 4.74 Å². The molecule has 0 spiro atoms. The second-order valence-corrected chi connectivity index (χ2v) is 12.5. The maximum Gasteiger partial charge on any atom is 0.168 e. The molecule has 2 nitrogen and oxygen atoms in total. The summed E-state index contributed by atoms with van der Waals surface area (Å²) in [6.07, 6.45) is 7.43. The van der Waals surface area contributed by atoms with Crippen LogP contribution in [0.2, 0.25) is 25.7 Å². The Balaban J connectivity index is 1.98. The van der Waals surface area contributed by atoms with Gasteiger partial charge in [-0.2, -0.15) is 0 Å². The highest BCUT2D eigenvalue weighted by Crippen LogP contribution is 2.21. The Kier molecular flexibility index (Phi) is 7.79. The van der Waals surface area contributed by atoms with E-state index in [1.807, 2.05) is 0 Å². The van der Waals surface area contributed by atoms with Crippen LogP contribution in [0.1, 0.15) is 38.5 Å². The van der Waals surface area contributed by atoms with E-state index in [0.717, 1.165) is 12.8 Å². The highest BCUT2D eigenvalue weighted by molar-refractivity contribution is 6.76. The van der Waals surface area contributed by atoms with E-state index in [2.05, 4.69) is 19.6 Å². The lowest BCUT2D eigenvalue weighted by Crippen LogP contribution is -2.18. The molecule has 0 fully saturated rings. The molecule has 0 amide bonds. The first kappa shape index (κ1) is 18.0. The molecular weight excluding hydrogens is 283 g/mol. The summed E-state index contributed by atoms with van der Waals surface area (Å²) in [4.78, 5) is 0. The van der Waals surface area contributed by atoms with Crippen LogP contribution in [-0.2, 0) is 0 Å². The molecule has 1 aromatic rings. The smallest absolute Gasteiger partial charge is 0.168 e. The van der Waals surface area contributed by atoms with Gasteiger partial charge in [0.2, 0.25) is 0 Å². The van der Waals surface area contributed by atoms with Crippen molar-refractivity contribution in [3.05, 3.63) is 24.0 Å². The number of aromatic hydroxyl groups is 1. The molecule has 1 N–H and O–H groups in total. The summed E-state index contributed by atoms with van der Waals surface area (Å²) >= 11 is 0. The van der Waals surface area contributed by atoms with E-state index in [9.17, 15) is 4.39 Å². The van der Waals surface area contributed by atoms with Crippen LogP contribution in [0.25, 0.3) is 0 Å². The summed E-state index contributed by atoms with van der Waals surface area (Å²) in [5.41, 5.74) is 0. The van der Waals surface area contributed by atoms with Gasteiger partial charge in [-0.25, -0.2) is 4.39 Å². The fourth-order valence-corrected chi connectivity index (χ4v) is 3.54. The number of unbranched alkanes of at least 4 members (excludes halogenated alkanes) is 5. The van der Waals surface area contributed by atoms with E-state index in [-0.39, 0.29) is 5.75 Å². The van der Waals surface area contributed by atoms with Gasteiger partial charge < -0.3 is 9.84 Å². The summed E-state index contributed by atoms with van der Waals surface area (Å²) in [5.74, 6) is -0.476. The second kappa shape index (κ2) is 9.08. The molecule has 21 heavy (non-hydrogen) atoms. The standard InChI is InChI=1S/C17H29FO2Si/c1-21(2,3)13-9-7-5-4-6-8-12-20-15-10-11-17(19)16(18)14-15/h10-11,14,19H,4-9,12-13H2,1-3H3. The minimum absolute atomic E-state index is 0.333. The minimum Gasteiger partial charge on any atom is -0.505 e. The number of rotatable bonds is 10. The molecule has 1 aromatic carbocycles. The zero-order chi connectivity index (χ0) is 15.7. The molecule has 120 valence electrons. The van der Waals surface area contributed by atoms with Crippen molar-refractivity contribution in [3.8, 4) is 11.5 Å². The summed E-state index contributed by atoms with van der Waals surface area (Å²) in [6.45, 7) is 7.89. The number of phenolic OH excluding ortho intramolecular Hbond substituents is 1. The Labute approximate surface area is 129 Å². The first-order valence-corrected chi connectivity index (χ1v) is 11.7. The zero-order valence-electron chi connectivity index (χ0n) is 13.6. The van der Waals surface area contributed by atoms with Gasteiger partial charge in [0.25, 0.3) is 0 Å². The maximum absolute atomic E-state index is 13.1. The first-order valence-electron chi connectivity index (χ1n) is 8.00. The molecule has 0 bridgehead atoms. The molecule has 0 unspecified atom stereocenters. The van der Waals surface area contributed by atoms with Gasteiger partial charge in [-0.1, -0.05) is 57.8 Å². The van der Waals surface area contributed by atoms with Crippen LogP contribution in [-0.4, -0.2) is 19.8 Å². The van der Waals surface area contributed by atoms with E-state index >= 15 is 0 Å². The third-order valence-electron chi connectivity index (χ3n) is 3.51. The number of ether oxygens (including phenoxy) is 1. The van der Waals surface area contributed by atoms with Crippen molar-refractivity contribution in [2.75, 3.05) is 6.61 Å². The topological polar surface area (TPSA) is 29.5 Å². The fraction of sp³-hybridized carbons (Fsp3) is 0.647. The largest absolute Gasteiger partial charge is 0.505 e. The maximum atomic E-state index is 13.1. The molecule has 0 aromatic heterocycles. The van der Waals surface area contributed by atoms with Crippen molar-refractivity contribution >= 4 is 8.07 Å². The van der Waals surface area contributed by atoms with Gasteiger partial charge in [0.05, 0.1) is 6.61 Å². The molecule has 0 atom stereocenters.